The first kappa shape index (κ1) is 26.1. The number of carboxylic acid groups (broad SMARTS) is 1. The molecule has 1 amide bonds. The molecule has 0 spiro atoms. The molecule has 1 atom stereocenters. The number of amides is 1. The van der Waals surface area contributed by atoms with E-state index in [9.17, 15) is 23.1 Å². The summed E-state index contributed by atoms with van der Waals surface area (Å²) in [5.74, 6) is -1.43. The van der Waals surface area contributed by atoms with Gasteiger partial charge in [0.05, 0.1) is 17.4 Å². The number of carboxylic acids is 1. The van der Waals surface area contributed by atoms with Gasteiger partial charge in [-0.25, -0.2) is 13.1 Å². The molecule has 8 heteroatoms. The van der Waals surface area contributed by atoms with Gasteiger partial charge in [-0.2, -0.15) is 0 Å². The van der Waals surface area contributed by atoms with Gasteiger partial charge in [-0.15, -0.1) is 0 Å². The molecule has 1 unspecified atom stereocenters. The van der Waals surface area contributed by atoms with Crippen molar-refractivity contribution in [3.63, 3.8) is 0 Å². The molecular formula is C27H30N2O5S. The van der Waals surface area contributed by atoms with Crippen LogP contribution in [-0.4, -0.2) is 25.4 Å². The van der Waals surface area contributed by atoms with Gasteiger partial charge in [0.15, 0.2) is 0 Å². The number of benzene rings is 3. The zero-order chi connectivity index (χ0) is 25.8. The second kappa shape index (κ2) is 10.8. The quantitative estimate of drug-likeness (QED) is 0.410. The van der Waals surface area contributed by atoms with Crippen LogP contribution in [0.2, 0.25) is 0 Å². The van der Waals surface area contributed by atoms with E-state index in [1.54, 1.807) is 62.4 Å². The van der Waals surface area contributed by atoms with Crippen LogP contribution >= 0.6 is 0 Å². The highest BCUT2D eigenvalue weighted by Gasteiger charge is 2.22. The third-order valence-electron chi connectivity index (χ3n) is 6.13. The average molecular weight is 495 g/mol. The topological polar surface area (TPSA) is 113 Å². The summed E-state index contributed by atoms with van der Waals surface area (Å²) in [6.45, 7) is 7.46. The highest BCUT2D eigenvalue weighted by molar-refractivity contribution is 7.89. The molecule has 0 saturated carbocycles. The van der Waals surface area contributed by atoms with E-state index in [-0.39, 0.29) is 13.0 Å². The summed E-state index contributed by atoms with van der Waals surface area (Å²) in [4.78, 5) is 24.3. The Morgan fingerprint density at radius 3 is 2.00 bits per heavy atom. The van der Waals surface area contributed by atoms with E-state index in [2.05, 4.69) is 10.0 Å². The van der Waals surface area contributed by atoms with E-state index >= 15 is 0 Å². The highest BCUT2D eigenvalue weighted by Crippen LogP contribution is 2.26. The number of aliphatic carboxylic acids is 1. The molecule has 0 saturated heterocycles. The molecule has 3 N–H and O–H groups in total. The van der Waals surface area contributed by atoms with Crippen LogP contribution in [0.5, 0.6) is 0 Å². The van der Waals surface area contributed by atoms with Crippen LogP contribution < -0.4 is 10.0 Å². The van der Waals surface area contributed by atoms with Gasteiger partial charge in [0, 0.05) is 12.1 Å². The minimum Gasteiger partial charge on any atom is -0.481 e. The fourth-order valence-electron chi connectivity index (χ4n) is 3.96. The molecule has 0 aromatic heterocycles. The van der Waals surface area contributed by atoms with Gasteiger partial charge >= 0.3 is 5.97 Å². The number of nitrogens with one attached hydrogen (secondary N) is 2. The van der Waals surface area contributed by atoms with Crippen molar-refractivity contribution < 1.29 is 23.1 Å². The molecule has 0 aliphatic carbocycles. The van der Waals surface area contributed by atoms with Gasteiger partial charge in [-0.05, 0) is 73.2 Å². The molecule has 0 heterocycles. The van der Waals surface area contributed by atoms with E-state index in [1.807, 2.05) is 26.0 Å². The number of sulfonamides is 1. The third-order valence-corrected chi connectivity index (χ3v) is 7.81. The number of aryl methyl sites for hydroxylation is 2. The molecule has 7 nitrogen and oxygen atoms in total. The number of hydrogen-bond donors (Lipinski definition) is 3. The maximum atomic E-state index is 13.0. The summed E-state index contributed by atoms with van der Waals surface area (Å²) in [7, 11) is -3.73. The Morgan fingerprint density at radius 1 is 0.886 bits per heavy atom. The average Bonchev–Trinajstić information content (AvgIpc) is 2.81. The lowest BCUT2D eigenvalue weighted by Gasteiger charge is -2.18. The van der Waals surface area contributed by atoms with Gasteiger partial charge in [-0.3, -0.25) is 9.59 Å². The van der Waals surface area contributed by atoms with E-state index in [0.29, 0.717) is 21.6 Å². The Bertz CT molecular complexity index is 1310. The first-order chi connectivity index (χ1) is 16.5. The summed E-state index contributed by atoms with van der Waals surface area (Å²) in [5, 5.41) is 12.0. The SMILES string of the molecule is Cc1cc(C)c(C)c(S(=O)(=O)NCc2ccc(C(=O)NC(CC(=O)O)c3ccccc3)cc2)c1C. The standard InChI is InChI=1S/C27H30N2O5S/c1-17-14-18(2)20(4)26(19(17)3)35(33,34)28-16-21-10-12-23(13-11-21)27(32)29-24(15-25(30)31)22-8-6-5-7-9-22/h5-14,24,28H,15-16H2,1-4H3,(H,29,32)(H,30,31). The lowest BCUT2D eigenvalue weighted by Crippen LogP contribution is -2.30. The van der Waals surface area contributed by atoms with Crippen LogP contribution in [0.25, 0.3) is 0 Å². The molecular weight excluding hydrogens is 464 g/mol. The highest BCUT2D eigenvalue weighted by atomic mass is 32.2. The predicted molar refractivity (Wildman–Crippen MR) is 135 cm³/mol. The van der Waals surface area contributed by atoms with Crippen molar-refractivity contribution in [3.8, 4) is 0 Å². The molecule has 184 valence electrons. The summed E-state index contributed by atoms with van der Waals surface area (Å²) < 4.78 is 28.8. The van der Waals surface area contributed by atoms with Gasteiger partial charge < -0.3 is 10.4 Å². The van der Waals surface area contributed by atoms with Crippen molar-refractivity contribution in [3.05, 3.63) is 99.6 Å². The molecule has 35 heavy (non-hydrogen) atoms. The van der Waals surface area contributed by atoms with Crippen molar-refractivity contribution in [2.24, 2.45) is 0 Å². The minimum atomic E-state index is -3.73. The van der Waals surface area contributed by atoms with Crippen molar-refractivity contribution in [1.29, 1.82) is 0 Å². The van der Waals surface area contributed by atoms with Crippen LogP contribution in [0.4, 0.5) is 0 Å². The fourth-order valence-corrected chi connectivity index (χ4v) is 5.59. The monoisotopic (exact) mass is 494 g/mol. The molecule has 0 aliphatic heterocycles. The molecule has 0 radical (unpaired) electrons. The maximum absolute atomic E-state index is 13.0. The smallest absolute Gasteiger partial charge is 0.305 e. The Hall–Kier alpha value is -3.49. The Balaban J connectivity index is 1.71. The summed E-state index contributed by atoms with van der Waals surface area (Å²) in [5.41, 5.74) is 5.02. The van der Waals surface area contributed by atoms with Gasteiger partial charge in [0.25, 0.3) is 5.91 Å². The lowest BCUT2D eigenvalue weighted by molar-refractivity contribution is -0.137. The third kappa shape index (κ3) is 6.35. The molecule has 3 rings (SSSR count). The van der Waals surface area contributed by atoms with Crippen LogP contribution in [0.1, 0.15) is 56.2 Å². The zero-order valence-corrected chi connectivity index (χ0v) is 21.1. The number of carbonyl (C=O) groups is 2. The van der Waals surface area contributed by atoms with Crippen molar-refractivity contribution in [1.82, 2.24) is 10.0 Å². The van der Waals surface area contributed by atoms with Crippen LogP contribution in [0.15, 0.2) is 65.6 Å². The first-order valence-corrected chi connectivity index (χ1v) is 12.7. The largest absolute Gasteiger partial charge is 0.481 e. The van der Waals surface area contributed by atoms with Crippen LogP contribution in [0, 0.1) is 27.7 Å². The first-order valence-electron chi connectivity index (χ1n) is 11.2. The molecule has 0 bridgehead atoms. The molecule has 0 fully saturated rings. The maximum Gasteiger partial charge on any atom is 0.305 e. The van der Waals surface area contributed by atoms with Crippen LogP contribution in [-0.2, 0) is 21.4 Å². The van der Waals surface area contributed by atoms with Crippen molar-refractivity contribution in [2.45, 2.75) is 51.6 Å². The van der Waals surface area contributed by atoms with Gasteiger partial charge in [0.2, 0.25) is 10.0 Å². The van der Waals surface area contributed by atoms with Crippen molar-refractivity contribution >= 4 is 21.9 Å². The Labute approximate surface area is 206 Å². The second-order valence-corrected chi connectivity index (χ2v) is 10.3. The van der Waals surface area contributed by atoms with E-state index in [1.165, 1.54) is 0 Å². The number of carbonyl (C=O) groups excluding carboxylic acids is 1. The number of hydrogen-bond acceptors (Lipinski definition) is 4. The van der Waals surface area contributed by atoms with E-state index in [4.69, 9.17) is 0 Å². The number of rotatable bonds is 9. The van der Waals surface area contributed by atoms with E-state index < -0.39 is 27.9 Å². The van der Waals surface area contributed by atoms with Gasteiger partial charge in [0.1, 0.15) is 0 Å². The molecule has 3 aromatic rings. The molecule has 0 aliphatic rings. The van der Waals surface area contributed by atoms with Gasteiger partial charge in [-0.1, -0.05) is 48.5 Å². The molecule has 3 aromatic carbocycles. The summed E-state index contributed by atoms with van der Waals surface area (Å²) in [6, 6.07) is 16.8. The zero-order valence-electron chi connectivity index (χ0n) is 20.3. The van der Waals surface area contributed by atoms with E-state index in [0.717, 1.165) is 22.3 Å². The Kier molecular flexibility index (Phi) is 8.09. The summed E-state index contributed by atoms with van der Waals surface area (Å²) >= 11 is 0. The lowest BCUT2D eigenvalue weighted by atomic mass is 10.0. The second-order valence-electron chi connectivity index (χ2n) is 8.65. The Morgan fingerprint density at radius 2 is 1.46 bits per heavy atom. The minimum absolute atomic E-state index is 0.0712. The normalized spacial score (nSPS) is 12.2. The van der Waals surface area contributed by atoms with Crippen molar-refractivity contribution in [2.75, 3.05) is 0 Å². The summed E-state index contributed by atoms with van der Waals surface area (Å²) in [6.07, 6.45) is -0.243. The predicted octanol–water partition coefficient (Wildman–Crippen LogP) is 4.34. The van der Waals surface area contributed by atoms with Crippen LogP contribution in [0.3, 0.4) is 0 Å². The fraction of sp³-hybridized carbons (Fsp3) is 0.259.